The molecule has 16 nitrogen and oxygen atoms in total. The van der Waals surface area contributed by atoms with E-state index in [1.54, 1.807) is 63.5 Å². The molecule has 6 aromatic heterocycles. The Bertz CT molecular complexity index is 2240. The van der Waals surface area contributed by atoms with Gasteiger partial charge in [0, 0.05) is 87.1 Å². The lowest BCUT2D eigenvalue weighted by atomic mass is 10.0. The summed E-state index contributed by atoms with van der Waals surface area (Å²) < 4.78 is 9.97. The minimum Gasteiger partial charge on any atom is -0.481 e. The summed E-state index contributed by atoms with van der Waals surface area (Å²) in [6.45, 7) is 2.80. The minimum atomic E-state index is -0.358. The Morgan fingerprint density at radius 1 is 0.644 bits per heavy atom. The quantitative estimate of drug-likeness (QED) is 0.126. The summed E-state index contributed by atoms with van der Waals surface area (Å²) in [6.07, 6.45) is 11.3. The van der Waals surface area contributed by atoms with E-state index in [1.807, 2.05) is 30.3 Å². The number of hydrogen-bond donors (Lipinski definition) is 4. The molecule has 0 unspecified atom stereocenters. The summed E-state index contributed by atoms with van der Waals surface area (Å²) in [6, 6.07) is 13.9. The number of aliphatic hydroxyl groups is 2. The van der Waals surface area contributed by atoms with Crippen molar-refractivity contribution in [3.63, 3.8) is 0 Å². The molecule has 8 heterocycles. The zero-order chi connectivity index (χ0) is 41.7. The van der Waals surface area contributed by atoms with Crippen molar-refractivity contribution in [2.75, 3.05) is 55.6 Å². The third kappa shape index (κ3) is 11.4. The Hall–Kier alpha value is -5.49. The zero-order valence-corrected chi connectivity index (χ0v) is 34.6. The molecule has 0 aliphatic carbocycles. The Labute approximate surface area is 356 Å². The maximum Gasteiger partial charge on any atom is 0.212 e. The molecule has 0 bridgehead atoms. The van der Waals surface area contributed by atoms with Gasteiger partial charge >= 0.3 is 0 Å². The van der Waals surface area contributed by atoms with Gasteiger partial charge in [-0.15, -0.1) is 0 Å². The summed E-state index contributed by atoms with van der Waals surface area (Å²) >= 11 is 17.9. The van der Waals surface area contributed by atoms with Gasteiger partial charge in [-0.05, 0) is 41.5 Å². The summed E-state index contributed by atoms with van der Waals surface area (Å²) in [5.74, 6) is 3.52. The lowest BCUT2D eigenvalue weighted by molar-refractivity contribution is 0.267. The normalized spacial score (nSPS) is 14.0. The van der Waals surface area contributed by atoms with Crippen molar-refractivity contribution < 1.29 is 19.7 Å². The number of halogens is 3. The van der Waals surface area contributed by atoms with E-state index in [2.05, 4.69) is 55.0 Å². The molecule has 0 amide bonds. The van der Waals surface area contributed by atoms with Crippen LogP contribution >= 0.6 is 34.8 Å². The van der Waals surface area contributed by atoms with Crippen molar-refractivity contribution >= 4 is 52.3 Å². The van der Waals surface area contributed by atoms with E-state index in [0.29, 0.717) is 45.9 Å². The average molecular weight is 862 g/mol. The first kappa shape index (κ1) is 43.1. The van der Waals surface area contributed by atoms with Gasteiger partial charge in [0.2, 0.25) is 11.8 Å². The Morgan fingerprint density at radius 2 is 1.19 bits per heavy atom. The molecule has 2 aliphatic heterocycles. The molecule has 308 valence electrons. The van der Waals surface area contributed by atoms with Crippen molar-refractivity contribution in [2.45, 2.75) is 38.0 Å². The van der Waals surface area contributed by atoms with Gasteiger partial charge in [-0.3, -0.25) is 0 Å². The van der Waals surface area contributed by atoms with Crippen LogP contribution in [-0.2, 0) is 25.9 Å². The number of hydrogen-bond acceptors (Lipinski definition) is 16. The van der Waals surface area contributed by atoms with Crippen molar-refractivity contribution in [3.05, 3.63) is 135 Å². The highest BCUT2D eigenvalue weighted by molar-refractivity contribution is 6.31. The maximum absolute atomic E-state index is 9.93. The molecule has 8 rings (SSSR count). The predicted octanol–water partition coefficient (Wildman–Crippen LogP) is 5.46. The fourth-order valence-electron chi connectivity index (χ4n) is 6.23. The maximum atomic E-state index is 9.93. The number of nitrogens with two attached hydrogens (primary N) is 1. The topological polar surface area (TPSA) is 207 Å². The Morgan fingerprint density at radius 3 is 1.68 bits per heavy atom. The largest absolute Gasteiger partial charge is 0.481 e. The van der Waals surface area contributed by atoms with Gasteiger partial charge in [0.15, 0.2) is 0 Å². The molecule has 0 radical (unpaired) electrons. The minimum absolute atomic E-state index is 0.0754. The number of methoxy groups -OCH3 is 2. The van der Waals surface area contributed by atoms with Crippen LogP contribution in [0.3, 0.4) is 0 Å². The van der Waals surface area contributed by atoms with E-state index >= 15 is 0 Å². The van der Waals surface area contributed by atoms with Gasteiger partial charge in [-0.2, -0.15) is 0 Å². The Balaban J connectivity index is 0.000000165. The molecule has 6 aromatic rings. The molecule has 0 saturated carbocycles. The second kappa shape index (κ2) is 21.0. The number of aliphatic hydroxyl groups excluding tert-OH is 2. The van der Waals surface area contributed by atoms with Gasteiger partial charge < -0.3 is 40.5 Å². The number of nitrogens with zero attached hydrogens (tertiary/aromatic N) is 10. The first-order valence-electron chi connectivity index (χ1n) is 18.5. The van der Waals surface area contributed by atoms with Gasteiger partial charge in [-0.1, -0.05) is 40.9 Å². The van der Waals surface area contributed by atoms with Crippen molar-refractivity contribution in [1.82, 2.24) is 39.9 Å². The first-order valence-corrected chi connectivity index (χ1v) is 19.6. The van der Waals surface area contributed by atoms with Gasteiger partial charge in [-0.25, -0.2) is 39.9 Å². The standard InChI is InChI=1S/C20H21ClN6O2.C12H10Cl2N4.C8H12N2O2/c1-29-19-5-2-13(8-23-19)17(11-28)26-20-15-10-27(7-6-16(15)24-12-25-20)18-4-3-14(21)9-22-18;13-8-1-2-11(15-5-8)18-4-3-10-9(6-18)12(14)17-7-16-10;1-12-8-3-2-6(4-10-8)7(9)5-11/h2-5,8-9,12,17,28H,6-7,10-11H2,1H3,(H,24,25,26);1-2,5,7H,3-4,6H2;2-4,7,11H,5,9H2,1H3/t17-;;7-/m1.1/s1. The van der Waals surface area contributed by atoms with Crippen LogP contribution in [0.15, 0.2) is 86.0 Å². The molecule has 59 heavy (non-hydrogen) atoms. The molecule has 0 saturated heterocycles. The highest BCUT2D eigenvalue weighted by atomic mass is 35.5. The number of fused-ring (bicyclic) bond motifs is 2. The van der Waals surface area contributed by atoms with E-state index in [1.165, 1.54) is 6.33 Å². The van der Waals surface area contributed by atoms with Gasteiger partial charge in [0.25, 0.3) is 0 Å². The number of nitrogens with one attached hydrogen (secondary N) is 1. The van der Waals surface area contributed by atoms with Crippen LogP contribution in [0.5, 0.6) is 11.8 Å². The van der Waals surface area contributed by atoms with E-state index in [0.717, 1.165) is 71.2 Å². The number of rotatable bonds is 10. The second-order valence-electron chi connectivity index (χ2n) is 13.2. The van der Waals surface area contributed by atoms with Crippen LogP contribution in [-0.4, -0.2) is 90.6 Å². The van der Waals surface area contributed by atoms with Crippen LogP contribution in [0.2, 0.25) is 15.2 Å². The van der Waals surface area contributed by atoms with E-state index < -0.39 is 0 Å². The van der Waals surface area contributed by atoms with Crippen LogP contribution in [0.4, 0.5) is 17.5 Å². The van der Waals surface area contributed by atoms with E-state index in [4.69, 9.17) is 55.1 Å². The molecule has 0 fully saturated rings. The molecular weight excluding hydrogens is 819 g/mol. The lowest BCUT2D eigenvalue weighted by Crippen LogP contribution is -2.33. The molecule has 5 N–H and O–H groups in total. The monoisotopic (exact) mass is 860 g/mol. The number of ether oxygens (including phenoxy) is 2. The summed E-state index contributed by atoms with van der Waals surface area (Å²) in [7, 11) is 3.12. The van der Waals surface area contributed by atoms with Crippen molar-refractivity contribution in [2.24, 2.45) is 5.73 Å². The second-order valence-corrected chi connectivity index (χ2v) is 14.4. The highest BCUT2D eigenvalue weighted by Gasteiger charge is 2.24. The molecule has 2 atom stereocenters. The van der Waals surface area contributed by atoms with E-state index in [-0.39, 0.29) is 25.3 Å². The number of anilines is 3. The SMILES string of the molecule is COc1ccc([C@@H](CO)Nc2ncnc3c2CN(c2ccc(Cl)cn2)CC3)cn1.COc1ccc([C@H](N)CO)cn1.Clc1ccc(N2CCc3ncnc(Cl)c3C2)nc1. The zero-order valence-electron chi connectivity index (χ0n) is 32.3. The summed E-state index contributed by atoms with van der Waals surface area (Å²) in [5.41, 5.74) is 11.2. The molecule has 0 aromatic carbocycles. The van der Waals surface area contributed by atoms with Crippen molar-refractivity contribution in [1.29, 1.82) is 0 Å². The van der Waals surface area contributed by atoms with Gasteiger partial charge in [0.05, 0.1) is 61.0 Å². The first-order chi connectivity index (χ1) is 28.7. The van der Waals surface area contributed by atoms with Crippen LogP contribution in [0.25, 0.3) is 0 Å². The number of aromatic nitrogens is 8. The predicted molar refractivity (Wildman–Crippen MR) is 226 cm³/mol. The van der Waals surface area contributed by atoms with E-state index in [9.17, 15) is 5.11 Å². The fourth-order valence-corrected chi connectivity index (χ4v) is 6.66. The lowest BCUT2D eigenvalue weighted by Gasteiger charge is -2.31. The van der Waals surface area contributed by atoms with Crippen LogP contribution in [0.1, 0.15) is 45.7 Å². The molecular formula is C40H43Cl3N12O4. The molecule has 19 heteroatoms. The smallest absolute Gasteiger partial charge is 0.212 e. The fraction of sp³-hybridized carbons (Fsp3) is 0.300. The summed E-state index contributed by atoms with van der Waals surface area (Å²) in [5, 5.41) is 23.8. The molecule has 2 aliphatic rings. The molecule has 0 spiro atoms. The highest BCUT2D eigenvalue weighted by Crippen LogP contribution is 2.30. The summed E-state index contributed by atoms with van der Waals surface area (Å²) in [4.78, 5) is 38.4. The average Bonchev–Trinajstić information content (AvgIpc) is 3.29. The van der Waals surface area contributed by atoms with Gasteiger partial charge in [0.1, 0.15) is 35.3 Å². The Kier molecular flexibility index (Phi) is 15.3. The van der Waals surface area contributed by atoms with Crippen molar-refractivity contribution in [3.8, 4) is 11.8 Å². The van der Waals surface area contributed by atoms with Crippen LogP contribution in [0, 0.1) is 0 Å². The number of pyridine rings is 4. The van der Waals surface area contributed by atoms with Crippen LogP contribution < -0.4 is 30.3 Å². The third-order valence-electron chi connectivity index (χ3n) is 9.48. The third-order valence-corrected chi connectivity index (χ3v) is 10.3.